The van der Waals surface area contributed by atoms with Gasteiger partial charge in [-0.05, 0) is 43.2 Å². The standard InChI is InChI=1S/C23H24F2N4OS/c24-17-7-8-19-21(14-17)31-23(26-19)29-9-3-4-16(15-29)22(30)28-12-10-27(11-13-28)20-6-2-1-5-18(20)25/h1-2,5-8,14,16H,3-4,9-13,15H2. The number of carbonyl (C=O) groups excluding carboxylic acids is 1. The van der Waals surface area contributed by atoms with Crippen LogP contribution in [0.2, 0.25) is 0 Å². The fourth-order valence-corrected chi connectivity index (χ4v) is 5.53. The van der Waals surface area contributed by atoms with Crippen LogP contribution in [-0.2, 0) is 4.79 Å². The third-order valence-electron chi connectivity index (χ3n) is 6.16. The minimum absolute atomic E-state index is 0.0718. The third-order valence-corrected chi connectivity index (χ3v) is 7.24. The average molecular weight is 443 g/mol. The minimum atomic E-state index is -0.260. The molecule has 3 aromatic rings. The molecule has 0 aliphatic carbocycles. The van der Waals surface area contributed by atoms with E-state index < -0.39 is 0 Å². The summed E-state index contributed by atoms with van der Waals surface area (Å²) in [6, 6.07) is 11.4. The summed E-state index contributed by atoms with van der Waals surface area (Å²) in [4.78, 5) is 23.9. The highest BCUT2D eigenvalue weighted by Gasteiger charge is 2.32. The van der Waals surface area contributed by atoms with E-state index in [0.717, 1.165) is 34.7 Å². The first-order valence-electron chi connectivity index (χ1n) is 10.7. The maximum absolute atomic E-state index is 14.1. The number of piperazine rings is 1. The molecule has 5 nitrogen and oxygen atoms in total. The van der Waals surface area contributed by atoms with Gasteiger partial charge in [-0.3, -0.25) is 4.79 Å². The second-order valence-electron chi connectivity index (χ2n) is 8.16. The number of aromatic nitrogens is 1. The zero-order valence-electron chi connectivity index (χ0n) is 17.1. The summed E-state index contributed by atoms with van der Waals surface area (Å²) in [7, 11) is 0. The van der Waals surface area contributed by atoms with Crippen molar-refractivity contribution in [3.8, 4) is 0 Å². The highest BCUT2D eigenvalue weighted by atomic mass is 32.1. The summed E-state index contributed by atoms with van der Waals surface area (Å²) in [5.74, 6) is -0.382. The zero-order valence-corrected chi connectivity index (χ0v) is 18.0. The molecular weight excluding hydrogens is 418 g/mol. The van der Waals surface area contributed by atoms with Crippen LogP contribution in [0.15, 0.2) is 42.5 Å². The number of hydrogen-bond donors (Lipinski definition) is 0. The molecule has 1 unspecified atom stereocenters. The van der Waals surface area contributed by atoms with Crippen LogP contribution in [-0.4, -0.2) is 55.1 Å². The van der Waals surface area contributed by atoms with Gasteiger partial charge in [-0.2, -0.15) is 0 Å². The molecule has 1 atom stereocenters. The Kier molecular flexibility index (Phi) is 5.48. The summed E-state index contributed by atoms with van der Waals surface area (Å²) in [5.41, 5.74) is 1.39. The normalized spacial score (nSPS) is 19.8. The number of rotatable bonds is 3. The van der Waals surface area contributed by atoms with Gasteiger partial charge in [0.1, 0.15) is 11.6 Å². The SMILES string of the molecule is O=C(C1CCCN(c2nc3ccc(F)cc3s2)C1)N1CCN(c2ccccc2F)CC1. The van der Waals surface area contributed by atoms with Gasteiger partial charge in [0.2, 0.25) is 5.91 Å². The quantitative estimate of drug-likeness (QED) is 0.611. The van der Waals surface area contributed by atoms with E-state index in [1.165, 1.54) is 29.5 Å². The molecule has 2 saturated heterocycles. The number of nitrogens with zero attached hydrogens (tertiary/aromatic N) is 4. The number of para-hydroxylation sites is 1. The summed E-state index contributed by atoms with van der Waals surface area (Å²) >= 11 is 1.47. The molecular formula is C23H24F2N4OS. The predicted molar refractivity (Wildman–Crippen MR) is 120 cm³/mol. The van der Waals surface area contributed by atoms with E-state index in [4.69, 9.17) is 0 Å². The predicted octanol–water partition coefficient (Wildman–Crippen LogP) is 4.14. The van der Waals surface area contributed by atoms with Crippen molar-refractivity contribution in [2.45, 2.75) is 12.8 Å². The van der Waals surface area contributed by atoms with Gasteiger partial charge in [-0.15, -0.1) is 0 Å². The second-order valence-corrected chi connectivity index (χ2v) is 9.17. The summed E-state index contributed by atoms with van der Waals surface area (Å²) in [6.45, 7) is 3.95. The van der Waals surface area contributed by atoms with Gasteiger partial charge in [0.05, 0.1) is 21.8 Å². The first-order valence-corrected chi connectivity index (χ1v) is 11.5. The fourth-order valence-electron chi connectivity index (χ4n) is 4.51. The van der Waals surface area contributed by atoms with Crippen molar-refractivity contribution >= 4 is 38.3 Å². The first-order chi connectivity index (χ1) is 15.1. The van der Waals surface area contributed by atoms with Crippen molar-refractivity contribution < 1.29 is 13.6 Å². The molecule has 0 radical (unpaired) electrons. The smallest absolute Gasteiger partial charge is 0.227 e. The largest absolute Gasteiger partial charge is 0.366 e. The third kappa shape index (κ3) is 4.08. The van der Waals surface area contributed by atoms with Crippen LogP contribution in [0.4, 0.5) is 19.6 Å². The number of piperidine rings is 1. The van der Waals surface area contributed by atoms with Crippen LogP contribution >= 0.6 is 11.3 Å². The Bertz CT molecular complexity index is 1100. The second kappa shape index (κ2) is 8.42. The van der Waals surface area contributed by atoms with Crippen LogP contribution in [0.25, 0.3) is 10.2 Å². The number of fused-ring (bicyclic) bond motifs is 1. The van der Waals surface area contributed by atoms with Crippen molar-refractivity contribution in [1.29, 1.82) is 0 Å². The molecule has 2 fully saturated rings. The lowest BCUT2D eigenvalue weighted by Crippen LogP contribution is -2.52. The van der Waals surface area contributed by atoms with Crippen molar-refractivity contribution in [2.75, 3.05) is 49.1 Å². The van der Waals surface area contributed by atoms with E-state index in [2.05, 4.69) is 9.88 Å². The van der Waals surface area contributed by atoms with E-state index in [-0.39, 0.29) is 23.5 Å². The molecule has 0 N–H and O–H groups in total. The van der Waals surface area contributed by atoms with Gasteiger partial charge in [0, 0.05) is 39.3 Å². The Hall–Kier alpha value is -2.74. The number of carbonyl (C=O) groups is 1. The van der Waals surface area contributed by atoms with Crippen molar-refractivity contribution in [1.82, 2.24) is 9.88 Å². The Labute approximate surface area is 183 Å². The highest BCUT2D eigenvalue weighted by molar-refractivity contribution is 7.22. The van der Waals surface area contributed by atoms with Crippen LogP contribution in [0, 0.1) is 17.6 Å². The minimum Gasteiger partial charge on any atom is -0.366 e. The van der Waals surface area contributed by atoms with Crippen molar-refractivity contribution in [3.05, 3.63) is 54.1 Å². The number of benzene rings is 2. The molecule has 2 aliphatic heterocycles. The van der Waals surface area contributed by atoms with Gasteiger partial charge in [0.25, 0.3) is 0 Å². The lowest BCUT2D eigenvalue weighted by molar-refractivity contribution is -0.136. The first kappa shape index (κ1) is 20.2. The molecule has 0 bridgehead atoms. The zero-order chi connectivity index (χ0) is 21.4. The molecule has 0 spiro atoms. The summed E-state index contributed by atoms with van der Waals surface area (Å²) < 4.78 is 28.4. The number of anilines is 2. The van der Waals surface area contributed by atoms with E-state index in [1.807, 2.05) is 15.9 Å². The molecule has 31 heavy (non-hydrogen) atoms. The molecule has 5 rings (SSSR count). The monoisotopic (exact) mass is 442 g/mol. The Balaban J connectivity index is 1.23. The highest BCUT2D eigenvalue weighted by Crippen LogP contribution is 2.32. The molecule has 0 saturated carbocycles. The van der Waals surface area contributed by atoms with Gasteiger partial charge in [-0.1, -0.05) is 23.5 Å². The van der Waals surface area contributed by atoms with Crippen LogP contribution < -0.4 is 9.80 Å². The number of hydrogen-bond acceptors (Lipinski definition) is 5. The Morgan fingerprint density at radius 3 is 2.61 bits per heavy atom. The molecule has 8 heteroatoms. The van der Waals surface area contributed by atoms with Crippen molar-refractivity contribution in [3.63, 3.8) is 0 Å². The Morgan fingerprint density at radius 2 is 1.81 bits per heavy atom. The van der Waals surface area contributed by atoms with Crippen molar-refractivity contribution in [2.24, 2.45) is 5.92 Å². The van der Waals surface area contributed by atoms with E-state index in [0.29, 0.717) is 38.4 Å². The molecule has 1 aromatic heterocycles. The van der Waals surface area contributed by atoms with Gasteiger partial charge >= 0.3 is 0 Å². The number of halogens is 2. The maximum atomic E-state index is 14.1. The van der Waals surface area contributed by atoms with Crippen LogP contribution in [0.1, 0.15) is 12.8 Å². The molecule has 162 valence electrons. The van der Waals surface area contributed by atoms with Crippen LogP contribution in [0.3, 0.4) is 0 Å². The van der Waals surface area contributed by atoms with Crippen LogP contribution in [0.5, 0.6) is 0 Å². The fraction of sp³-hybridized carbons (Fsp3) is 0.391. The van der Waals surface area contributed by atoms with Gasteiger partial charge in [-0.25, -0.2) is 13.8 Å². The lowest BCUT2D eigenvalue weighted by atomic mass is 9.96. The number of amides is 1. The summed E-state index contributed by atoms with van der Waals surface area (Å²) in [5, 5.41) is 0.850. The van der Waals surface area contributed by atoms with E-state index >= 15 is 0 Å². The lowest BCUT2D eigenvalue weighted by Gasteiger charge is -2.39. The van der Waals surface area contributed by atoms with E-state index in [1.54, 1.807) is 18.2 Å². The molecule has 2 aromatic carbocycles. The van der Waals surface area contributed by atoms with E-state index in [9.17, 15) is 13.6 Å². The maximum Gasteiger partial charge on any atom is 0.227 e. The average Bonchev–Trinajstić information content (AvgIpc) is 3.22. The molecule has 3 heterocycles. The number of thiazole rings is 1. The van der Waals surface area contributed by atoms with Gasteiger partial charge in [0.15, 0.2) is 5.13 Å². The Morgan fingerprint density at radius 1 is 1.00 bits per heavy atom. The molecule has 2 aliphatic rings. The molecule has 1 amide bonds. The van der Waals surface area contributed by atoms with Gasteiger partial charge < -0.3 is 14.7 Å². The topological polar surface area (TPSA) is 39.7 Å². The summed E-state index contributed by atoms with van der Waals surface area (Å²) in [6.07, 6.45) is 1.79.